The molecule has 104 valence electrons. The first-order chi connectivity index (χ1) is 10.8. The Hall–Kier alpha value is -3.37. The molecule has 3 rings (SSSR count). The molecule has 0 aliphatic carbocycles. The van der Waals surface area contributed by atoms with Crippen LogP contribution in [0.25, 0.3) is 5.57 Å². The Bertz CT molecular complexity index is 841. The molecule has 1 aliphatic rings. The molecule has 1 aliphatic heterocycles. The highest BCUT2D eigenvalue weighted by atomic mass is 16.2. The van der Waals surface area contributed by atoms with Crippen molar-refractivity contribution >= 4 is 11.5 Å². The number of nitriles is 2. The van der Waals surface area contributed by atoms with Gasteiger partial charge in [0.15, 0.2) is 0 Å². The molecule has 0 bridgehead atoms. The molecule has 2 aromatic rings. The summed E-state index contributed by atoms with van der Waals surface area (Å²) in [6.07, 6.45) is 1.46. The number of allylic oxidation sites excluding steroid dienone is 1. The van der Waals surface area contributed by atoms with Crippen molar-refractivity contribution in [3.63, 3.8) is 0 Å². The summed E-state index contributed by atoms with van der Waals surface area (Å²) in [6, 6.07) is 19.4. The lowest BCUT2D eigenvalue weighted by atomic mass is 9.91. The summed E-state index contributed by atoms with van der Waals surface area (Å²) in [6.45, 7) is 0. The van der Waals surface area contributed by atoms with Gasteiger partial charge in [-0.15, -0.1) is 0 Å². The molecule has 2 aromatic carbocycles. The lowest BCUT2D eigenvalue weighted by Crippen LogP contribution is -2.32. The van der Waals surface area contributed by atoms with Crippen molar-refractivity contribution in [3.05, 3.63) is 77.5 Å². The Morgan fingerprint density at radius 2 is 1.68 bits per heavy atom. The normalized spacial score (nSPS) is 16.0. The van der Waals surface area contributed by atoms with E-state index >= 15 is 0 Å². The Morgan fingerprint density at radius 1 is 1.00 bits per heavy atom. The molecule has 1 atom stereocenters. The highest BCUT2D eigenvalue weighted by Gasteiger charge is 2.31. The van der Waals surface area contributed by atoms with Crippen molar-refractivity contribution < 1.29 is 4.79 Å². The van der Waals surface area contributed by atoms with Gasteiger partial charge in [0.25, 0.3) is 5.91 Å². The van der Waals surface area contributed by atoms with Gasteiger partial charge in [0.1, 0.15) is 12.1 Å². The van der Waals surface area contributed by atoms with E-state index in [1.807, 2.05) is 12.1 Å². The maximum atomic E-state index is 12.7. The Balaban J connectivity index is 2.12. The average Bonchev–Trinajstić information content (AvgIpc) is 2.60. The minimum Gasteiger partial charge on any atom is -0.293 e. The number of hydrogen-bond donors (Lipinski definition) is 0. The van der Waals surface area contributed by atoms with Crippen LogP contribution >= 0.6 is 0 Å². The van der Waals surface area contributed by atoms with Gasteiger partial charge < -0.3 is 0 Å². The molecule has 1 unspecified atom stereocenters. The van der Waals surface area contributed by atoms with Crippen LogP contribution in [0.4, 0.5) is 0 Å². The second-order valence-electron chi connectivity index (χ2n) is 4.85. The van der Waals surface area contributed by atoms with E-state index in [-0.39, 0.29) is 5.91 Å². The van der Waals surface area contributed by atoms with Gasteiger partial charge in [-0.2, -0.15) is 10.5 Å². The van der Waals surface area contributed by atoms with Crippen LogP contribution in [-0.4, -0.2) is 10.8 Å². The van der Waals surface area contributed by atoms with Gasteiger partial charge in [-0.1, -0.05) is 42.5 Å². The molecule has 1 amide bonds. The predicted octanol–water partition coefficient (Wildman–Crippen LogP) is 3.27. The fraction of sp³-hybridized carbons (Fsp3) is 0.0556. The summed E-state index contributed by atoms with van der Waals surface area (Å²) in [7, 11) is 0. The van der Waals surface area contributed by atoms with Crippen molar-refractivity contribution in [2.24, 2.45) is 0 Å². The average molecular weight is 285 g/mol. The van der Waals surface area contributed by atoms with Gasteiger partial charge in [-0.3, -0.25) is 9.69 Å². The Labute approximate surface area is 128 Å². The SMILES string of the molecule is N#CC1=CN(C(=O)c2ccccc2)C(C#N)c2ccccc21. The standard InChI is InChI=1S/C18H11N3O/c19-10-14-12-21(18(22)13-6-2-1-3-7-13)17(11-20)16-9-5-4-8-15(14)16/h1-9,12,17H. The highest BCUT2D eigenvalue weighted by molar-refractivity contribution is 5.97. The molecular formula is C18H11N3O. The molecule has 22 heavy (non-hydrogen) atoms. The number of carbonyl (C=O) groups is 1. The van der Waals surface area contributed by atoms with Crippen LogP contribution in [0.3, 0.4) is 0 Å². The first-order valence-corrected chi connectivity index (χ1v) is 6.75. The summed E-state index contributed by atoms with van der Waals surface area (Å²) in [5.74, 6) is -0.297. The molecule has 0 N–H and O–H groups in total. The molecule has 4 nitrogen and oxygen atoms in total. The van der Waals surface area contributed by atoms with Crippen molar-refractivity contribution in [2.75, 3.05) is 0 Å². The van der Waals surface area contributed by atoms with Crippen LogP contribution in [0, 0.1) is 22.7 Å². The van der Waals surface area contributed by atoms with Crippen LogP contribution in [0.15, 0.2) is 60.8 Å². The van der Waals surface area contributed by atoms with Gasteiger partial charge in [0.2, 0.25) is 0 Å². The minimum atomic E-state index is -0.735. The number of nitrogens with zero attached hydrogens (tertiary/aromatic N) is 3. The summed E-state index contributed by atoms with van der Waals surface area (Å²) in [5, 5.41) is 18.8. The molecular weight excluding hydrogens is 274 g/mol. The number of fused-ring (bicyclic) bond motifs is 1. The zero-order chi connectivity index (χ0) is 15.5. The Morgan fingerprint density at radius 3 is 2.36 bits per heavy atom. The number of carbonyl (C=O) groups excluding carboxylic acids is 1. The Kier molecular flexibility index (Phi) is 3.43. The summed E-state index contributed by atoms with van der Waals surface area (Å²) in [5.41, 5.74) is 2.24. The third kappa shape index (κ3) is 2.13. The molecule has 1 heterocycles. The van der Waals surface area contributed by atoms with Crippen LogP contribution in [0.2, 0.25) is 0 Å². The number of hydrogen-bond acceptors (Lipinski definition) is 3. The van der Waals surface area contributed by atoms with E-state index in [1.54, 1.807) is 42.5 Å². The van der Waals surface area contributed by atoms with Crippen molar-refractivity contribution in [3.8, 4) is 12.1 Å². The topological polar surface area (TPSA) is 67.9 Å². The zero-order valence-electron chi connectivity index (χ0n) is 11.6. The van der Waals surface area contributed by atoms with Crippen LogP contribution in [-0.2, 0) is 0 Å². The van der Waals surface area contributed by atoms with Crippen LogP contribution in [0.1, 0.15) is 27.5 Å². The third-order valence-electron chi connectivity index (χ3n) is 3.59. The summed E-state index contributed by atoms with van der Waals surface area (Å²) >= 11 is 0. The molecule has 0 radical (unpaired) electrons. The first kappa shape index (κ1) is 13.6. The van der Waals surface area contributed by atoms with Crippen molar-refractivity contribution in [1.29, 1.82) is 10.5 Å². The zero-order valence-corrected chi connectivity index (χ0v) is 11.6. The van der Waals surface area contributed by atoms with Gasteiger partial charge in [0.05, 0.1) is 11.6 Å². The van der Waals surface area contributed by atoms with E-state index in [9.17, 15) is 15.3 Å². The van der Waals surface area contributed by atoms with Crippen LogP contribution < -0.4 is 0 Å². The van der Waals surface area contributed by atoms with Gasteiger partial charge in [-0.05, 0) is 17.7 Å². The highest BCUT2D eigenvalue weighted by Crippen LogP contribution is 2.34. The van der Waals surface area contributed by atoms with Gasteiger partial charge in [0, 0.05) is 17.3 Å². The van der Waals surface area contributed by atoms with Gasteiger partial charge in [-0.25, -0.2) is 0 Å². The number of amides is 1. The lowest BCUT2D eigenvalue weighted by Gasteiger charge is -2.30. The summed E-state index contributed by atoms with van der Waals surface area (Å²) < 4.78 is 0. The fourth-order valence-electron chi connectivity index (χ4n) is 2.54. The smallest absolute Gasteiger partial charge is 0.259 e. The monoisotopic (exact) mass is 285 g/mol. The number of rotatable bonds is 1. The van der Waals surface area contributed by atoms with E-state index in [1.165, 1.54) is 11.1 Å². The predicted molar refractivity (Wildman–Crippen MR) is 81.0 cm³/mol. The molecule has 4 heteroatoms. The van der Waals surface area contributed by atoms with Gasteiger partial charge >= 0.3 is 0 Å². The maximum absolute atomic E-state index is 12.7. The van der Waals surface area contributed by atoms with Crippen molar-refractivity contribution in [2.45, 2.75) is 6.04 Å². The first-order valence-electron chi connectivity index (χ1n) is 6.75. The second kappa shape index (κ2) is 5.55. The maximum Gasteiger partial charge on any atom is 0.259 e. The molecule has 0 fully saturated rings. The third-order valence-corrected chi connectivity index (χ3v) is 3.59. The fourth-order valence-corrected chi connectivity index (χ4v) is 2.54. The van der Waals surface area contributed by atoms with E-state index in [0.29, 0.717) is 22.3 Å². The van der Waals surface area contributed by atoms with E-state index in [4.69, 9.17) is 0 Å². The largest absolute Gasteiger partial charge is 0.293 e. The molecule has 0 saturated carbocycles. The molecule has 0 saturated heterocycles. The van der Waals surface area contributed by atoms with E-state index in [2.05, 4.69) is 12.1 Å². The molecule has 0 spiro atoms. The number of benzene rings is 2. The minimum absolute atomic E-state index is 0.297. The second-order valence-corrected chi connectivity index (χ2v) is 4.85. The van der Waals surface area contributed by atoms with E-state index in [0.717, 1.165) is 0 Å². The summed E-state index contributed by atoms with van der Waals surface area (Å²) in [4.78, 5) is 14.0. The van der Waals surface area contributed by atoms with Crippen molar-refractivity contribution in [1.82, 2.24) is 4.90 Å². The lowest BCUT2D eigenvalue weighted by molar-refractivity contribution is 0.0793. The van der Waals surface area contributed by atoms with E-state index < -0.39 is 6.04 Å². The quantitative estimate of drug-likeness (QED) is 0.807. The van der Waals surface area contributed by atoms with Crippen LogP contribution in [0.5, 0.6) is 0 Å². The molecule has 0 aromatic heterocycles.